The molecule has 29 heavy (non-hydrogen) atoms. The van der Waals surface area contributed by atoms with Crippen LogP contribution in [-0.2, 0) is 4.74 Å². The van der Waals surface area contributed by atoms with Gasteiger partial charge in [-0.1, -0.05) is 6.07 Å². The van der Waals surface area contributed by atoms with Crippen LogP contribution in [0.5, 0.6) is 0 Å². The Morgan fingerprint density at radius 2 is 1.59 bits per heavy atom. The van der Waals surface area contributed by atoms with Crippen LogP contribution in [0.3, 0.4) is 0 Å². The molecule has 6 nitrogen and oxygen atoms in total. The number of aromatic nitrogens is 1. The number of esters is 1. The largest absolute Gasteiger partial charge is 0.462 e. The van der Waals surface area contributed by atoms with Crippen molar-refractivity contribution >= 4 is 28.9 Å². The van der Waals surface area contributed by atoms with Crippen LogP contribution in [0.2, 0.25) is 0 Å². The van der Waals surface area contributed by atoms with E-state index in [1.165, 1.54) is 11.1 Å². The lowest BCUT2D eigenvalue weighted by Crippen LogP contribution is -2.14. The standard InChI is InChI=1S/C23H23N3O3/c1-4-29-23(28)17-6-9-18(10-7-17)26-22(27)21-12-11-20(14-24-21)25-19-8-5-15(2)16(3)13-19/h5-14,25H,4H2,1-3H3,(H,26,27). The number of carbonyl (C=O) groups excluding carboxylic acids is 2. The van der Waals surface area contributed by atoms with Gasteiger partial charge in [-0.3, -0.25) is 4.79 Å². The minimum Gasteiger partial charge on any atom is -0.462 e. The number of pyridine rings is 1. The average Bonchev–Trinajstić information content (AvgIpc) is 2.72. The zero-order valence-corrected chi connectivity index (χ0v) is 16.7. The van der Waals surface area contributed by atoms with Gasteiger partial charge in [-0.15, -0.1) is 0 Å². The van der Waals surface area contributed by atoms with Crippen LogP contribution >= 0.6 is 0 Å². The Labute approximate surface area is 169 Å². The van der Waals surface area contributed by atoms with E-state index in [9.17, 15) is 9.59 Å². The van der Waals surface area contributed by atoms with Crippen LogP contribution in [0.4, 0.5) is 17.1 Å². The van der Waals surface area contributed by atoms with Crippen LogP contribution in [-0.4, -0.2) is 23.5 Å². The zero-order valence-electron chi connectivity index (χ0n) is 16.7. The molecule has 0 unspecified atom stereocenters. The number of hydrogen-bond acceptors (Lipinski definition) is 5. The molecule has 2 aromatic carbocycles. The molecule has 0 saturated carbocycles. The van der Waals surface area contributed by atoms with Crippen LogP contribution in [0, 0.1) is 13.8 Å². The van der Waals surface area contributed by atoms with Crippen molar-refractivity contribution in [3.05, 3.63) is 83.2 Å². The van der Waals surface area contributed by atoms with E-state index >= 15 is 0 Å². The lowest BCUT2D eigenvalue weighted by molar-refractivity contribution is 0.0526. The fraction of sp³-hybridized carbons (Fsp3) is 0.174. The highest BCUT2D eigenvalue weighted by atomic mass is 16.5. The Kier molecular flexibility index (Phi) is 6.24. The first-order valence-corrected chi connectivity index (χ1v) is 9.35. The van der Waals surface area contributed by atoms with Crippen molar-refractivity contribution in [3.63, 3.8) is 0 Å². The van der Waals surface area contributed by atoms with E-state index in [2.05, 4.69) is 41.6 Å². The third-order valence-corrected chi connectivity index (χ3v) is 4.45. The molecule has 0 spiro atoms. The molecule has 0 aliphatic rings. The number of nitrogens with one attached hydrogen (secondary N) is 2. The summed E-state index contributed by atoms with van der Waals surface area (Å²) in [6, 6.07) is 16.1. The topological polar surface area (TPSA) is 80.3 Å². The van der Waals surface area contributed by atoms with Crippen LogP contribution in [0.25, 0.3) is 0 Å². The molecule has 2 N–H and O–H groups in total. The summed E-state index contributed by atoms with van der Waals surface area (Å²) >= 11 is 0. The summed E-state index contributed by atoms with van der Waals surface area (Å²) in [7, 11) is 0. The molecule has 0 fully saturated rings. The van der Waals surface area contributed by atoms with E-state index in [0.29, 0.717) is 23.6 Å². The predicted octanol–water partition coefficient (Wildman–Crippen LogP) is 4.87. The molecule has 1 amide bonds. The Morgan fingerprint density at radius 1 is 0.897 bits per heavy atom. The summed E-state index contributed by atoms with van der Waals surface area (Å²) in [5.41, 5.74) is 5.50. The Morgan fingerprint density at radius 3 is 2.21 bits per heavy atom. The highest BCUT2D eigenvalue weighted by molar-refractivity contribution is 6.03. The molecule has 6 heteroatoms. The molecule has 1 heterocycles. The third-order valence-electron chi connectivity index (χ3n) is 4.45. The maximum Gasteiger partial charge on any atom is 0.338 e. The summed E-state index contributed by atoms with van der Waals surface area (Å²) in [5.74, 6) is -0.717. The number of amides is 1. The van der Waals surface area contributed by atoms with E-state index in [1.54, 1.807) is 49.5 Å². The Bertz CT molecular complexity index is 1010. The van der Waals surface area contributed by atoms with E-state index in [-0.39, 0.29) is 11.9 Å². The molecule has 0 saturated heterocycles. The maximum absolute atomic E-state index is 12.4. The molecule has 0 aliphatic heterocycles. The second-order valence-electron chi connectivity index (χ2n) is 6.61. The second-order valence-corrected chi connectivity index (χ2v) is 6.61. The smallest absolute Gasteiger partial charge is 0.338 e. The van der Waals surface area contributed by atoms with Crippen molar-refractivity contribution in [2.45, 2.75) is 20.8 Å². The summed E-state index contributed by atoms with van der Waals surface area (Å²) in [6.45, 7) is 6.20. The lowest BCUT2D eigenvalue weighted by atomic mass is 10.1. The zero-order chi connectivity index (χ0) is 20.8. The molecule has 0 radical (unpaired) electrons. The number of rotatable bonds is 6. The first kappa shape index (κ1) is 20.1. The number of ether oxygens (including phenoxy) is 1. The van der Waals surface area contributed by atoms with E-state index in [4.69, 9.17) is 4.74 Å². The van der Waals surface area contributed by atoms with E-state index in [0.717, 1.165) is 11.4 Å². The quantitative estimate of drug-likeness (QED) is 0.588. The van der Waals surface area contributed by atoms with Crippen molar-refractivity contribution in [1.29, 1.82) is 0 Å². The predicted molar refractivity (Wildman–Crippen MR) is 114 cm³/mol. The van der Waals surface area contributed by atoms with Crippen LogP contribution in [0.1, 0.15) is 38.9 Å². The lowest BCUT2D eigenvalue weighted by Gasteiger charge is -2.09. The SMILES string of the molecule is CCOC(=O)c1ccc(NC(=O)c2ccc(Nc3ccc(C)c(C)c3)cn2)cc1. The second kappa shape index (κ2) is 9.01. The van der Waals surface area contributed by atoms with Gasteiger partial charge in [-0.25, -0.2) is 9.78 Å². The van der Waals surface area contributed by atoms with E-state index in [1.807, 2.05) is 6.07 Å². The van der Waals surface area contributed by atoms with Gasteiger partial charge in [0.15, 0.2) is 0 Å². The van der Waals surface area contributed by atoms with Gasteiger partial charge < -0.3 is 15.4 Å². The monoisotopic (exact) mass is 389 g/mol. The van der Waals surface area contributed by atoms with Crippen LogP contribution < -0.4 is 10.6 Å². The maximum atomic E-state index is 12.4. The van der Waals surface area contributed by atoms with Gasteiger partial charge in [0.05, 0.1) is 24.1 Å². The van der Waals surface area contributed by atoms with Gasteiger partial charge in [0.25, 0.3) is 5.91 Å². The van der Waals surface area contributed by atoms with Crippen molar-refractivity contribution in [2.75, 3.05) is 17.2 Å². The van der Waals surface area contributed by atoms with Gasteiger partial charge in [0, 0.05) is 11.4 Å². The minimum atomic E-state index is -0.390. The van der Waals surface area contributed by atoms with Gasteiger partial charge in [0.2, 0.25) is 0 Å². The first-order valence-electron chi connectivity index (χ1n) is 9.35. The highest BCUT2D eigenvalue weighted by Gasteiger charge is 2.10. The van der Waals surface area contributed by atoms with Gasteiger partial charge in [-0.05, 0) is 80.4 Å². The molecular formula is C23H23N3O3. The fourth-order valence-corrected chi connectivity index (χ4v) is 2.69. The number of anilines is 3. The molecule has 3 rings (SSSR count). The third kappa shape index (κ3) is 5.19. The summed E-state index contributed by atoms with van der Waals surface area (Å²) in [4.78, 5) is 28.3. The van der Waals surface area contributed by atoms with Crippen molar-refractivity contribution in [3.8, 4) is 0 Å². The number of hydrogen-bond donors (Lipinski definition) is 2. The Hall–Kier alpha value is -3.67. The molecule has 3 aromatic rings. The normalized spacial score (nSPS) is 10.3. The van der Waals surface area contributed by atoms with Crippen LogP contribution in [0.15, 0.2) is 60.8 Å². The van der Waals surface area contributed by atoms with Crippen molar-refractivity contribution in [1.82, 2.24) is 4.98 Å². The molecule has 0 bridgehead atoms. The highest BCUT2D eigenvalue weighted by Crippen LogP contribution is 2.19. The van der Waals surface area contributed by atoms with Crippen molar-refractivity contribution < 1.29 is 14.3 Å². The molecular weight excluding hydrogens is 366 g/mol. The van der Waals surface area contributed by atoms with Gasteiger partial charge >= 0.3 is 5.97 Å². The van der Waals surface area contributed by atoms with E-state index < -0.39 is 0 Å². The fourth-order valence-electron chi connectivity index (χ4n) is 2.69. The summed E-state index contributed by atoms with van der Waals surface area (Å²) in [6.07, 6.45) is 1.62. The molecule has 1 aromatic heterocycles. The van der Waals surface area contributed by atoms with Gasteiger partial charge in [-0.2, -0.15) is 0 Å². The number of nitrogens with zero attached hydrogens (tertiary/aromatic N) is 1. The molecule has 0 aliphatic carbocycles. The number of aryl methyl sites for hydroxylation is 2. The van der Waals surface area contributed by atoms with Crippen molar-refractivity contribution in [2.24, 2.45) is 0 Å². The average molecular weight is 389 g/mol. The molecule has 0 atom stereocenters. The number of carbonyl (C=O) groups is 2. The molecule has 148 valence electrons. The Balaban J connectivity index is 1.62. The minimum absolute atomic E-state index is 0.296. The van der Waals surface area contributed by atoms with Gasteiger partial charge in [0.1, 0.15) is 5.69 Å². The summed E-state index contributed by atoms with van der Waals surface area (Å²) < 4.78 is 4.94. The number of benzene rings is 2. The summed E-state index contributed by atoms with van der Waals surface area (Å²) in [5, 5.41) is 6.04. The first-order chi connectivity index (χ1) is 14.0.